The molecule has 10 rings (SSSR count). The molecular weight excluding hydrogens is 940 g/mol. The van der Waals surface area contributed by atoms with Gasteiger partial charge in [0.25, 0.3) is 0 Å². The summed E-state index contributed by atoms with van der Waals surface area (Å²) in [5.41, 5.74) is -14.4. The van der Waals surface area contributed by atoms with Crippen molar-refractivity contribution in [2.75, 3.05) is 0 Å². The second-order valence-corrected chi connectivity index (χ2v) is 15.2. The Kier molecular flexibility index (Phi) is 9.69. The molecule has 22 heteroatoms. The molecule has 0 radical (unpaired) electrons. The van der Waals surface area contributed by atoms with E-state index in [0.29, 0.717) is 0 Å². The Labute approximate surface area is 366 Å². The third kappa shape index (κ3) is 6.01. The van der Waals surface area contributed by atoms with Gasteiger partial charge in [0.2, 0.25) is 17.5 Å². The molecule has 6 heterocycles. The Morgan fingerprint density at radius 1 is 0.382 bits per heavy atom. The largest absolute Gasteiger partial charge is 0.354 e. The van der Waals surface area contributed by atoms with Gasteiger partial charge in [-0.2, -0.15) is 0 Å². The van der Waals surface area contributed by atoms with Gasteiger partial charge in [-0.15, -0.1) is 0 Å². The Morgan fingerprint density at radius 2 is 0.750 bits per heavy atom. The van der Waals surface area contributed by atoms with Crippen molar-refractivity contribution >= 4 is 56.8 Å². The summed E-state index contributed by atoms with van der Waals surface area (Å²) in [7, 11) is 1.30. The molecule has 1 aliphatic carbocycles. The number of ketones is 2. The van der Waals surface area contributed by atoms with E-state index in [1.807, 2.05) is 0 Å². The zero-order valence-electron chi connectivity index (χ0n) is 33.2. The maximum atomic E-state index is 16.3. The van der Waals surface area contributed by atoms with Crippen LogP contribution in [0, 0.1) is 87.3 Å². The van der Waals surface area contributed by atoms with Crippen molar-refractivity contribution in [3.05, 3.63) is 158 Å². The van der Waals surface area contributed by atoms with E-state index in [0.717, 1.165) is 54.6 Å². The molecule has 5 aromatic heterocycles. The average Bonchev–Trinajstić information content (AvgIpc) is 4.19. The van der Waals surface area contributed by atoms with Gasteiger partial charge in [-0.25, -0.2) is 70.8 Å². The fourth-order valence-electron chi connectivity index (χ4n) is 8.39. The summed E-state index contributed by atoms with van der Waals surface area (Å²) in [5.74, 6) is -39.2. The molecule has 0 amide bonds. The Balaban J connectivity index is 1.51. The molecular formula is C46H16F15N5O2. The first-order valence-electron chi connectivity index (χ1n) is 19.1. The minimum atomic E-state index is -2.65. The maximum Gasteiger partial charge on any atom is 0.200 e. The van der Waals surface area contributed by atoms with Gasteiger partial charge in [-0.05, 0) is 54.6 Å². The van der Waals surface area contributed by atoms with Crippen LogP contribution in [0.25, 0.3) is 89.9 Å². The third-order valence-electron chi connectivity index (χ3n) is 11.4. The van der Waals surface area contributed by atoms with E-state index in [4.69, 9.17) is 0 Å². The highest BCUT2D eigenvalue weighted by molar-refractivity contribution is 6.25. The number of benzene rings is 3. The summed E-state index contributed by atoms with van der Waals surface area (Å²) in [6.45, 7) is 0. The molecule has 2 aliphatic rings. The zero-order chi connectivity index (χ0) is 48.7. The van der Waals surface area contributed by atoms with E-state index in [2.05, 4.69) is 19.9 Å². The number of hydrogen-bond acceptors (Lipinski definition) is 3. The fourth-order valence-corrected chi connectivity index (χ4v) is 8.39. The molecule has 8 aromatic rings. The highest BCUT2D eigenvalue weighted by atomic mass is 19.2. The predicted molar refractivity (Wildman–Crippen MR) is 213 cm³/mol. The second-order valence-electron chi connectivity index (χ2n) is 15.2. The average molecular weight is 956 g/mol. The zero-order valence-corrected chi connectivity index (χ0v) is 33.2. The molecule has 0 spiro atoms. The quantitative estimate of drug-likeness (QED) is 0.0931. The smallest absolute Gasteiger partial charge is 0.200 e. The molecule has 342 valence electrons. The number of rotatable bonds is 4. The van der Waals surface area contributed by atoms with Crippen LogP contribution < -0.4 is 0 Å². The Morgan fingerprint density at radius 3 is 1.21 bits per heavy atom. The Hall–Kier alpha value is -8.30. The van der Waals surface area contributed by atoms with Gasteiger partial charge in [-0.1, -0.05) is 0 Å². The third-order valence-corrected chi connectivity index (χ3v) is 11.4. The van der Waals surface area contributed by atoms with Gasteiger partial charge in [-0.3, -0.25) is 9.59 Å². The first kappa shape index (κ1) is 43.6. The van der Waals surface area contributed by atoms with Gasteiger partial charge in [0.1, 0.15) is 0 Å². The van der Waals surface area contributed by atoms with Crippen LogP contribution in [0.4, 0.5) is 65.9 Å². The second kappa shape index (κ2) is 15.1. The van der Waals surface area contributed by atoms with Crippen LogP contribution in [0.1, 0.15) is 32.1 Å². The molecule has 8 bridgehead atoms. The van der Waals surface area contributed by atoms with Gasteiger partial charge >= 0.3 is 0 Å². The van der Waals surface area contributed by atoms with Crippen LogP contribution in [-0.4, -0.2) is 36.1 Å². The highest BCUT2D eigenvalue weighted by Gasteiger charge is 2.35. The summed E-state index contributed by atoms with van der Waals surface area (Å²) >= 11 is 0. The van der Waals surface area contributed by atoms with Crippen molar-refractivity contribution < 1.29 is 75.4 Å². The number of aromatic nitrogens is 5. The van der Waals surface area contributed by atoms with E-state index in [-0.39, 0.29) is 33.4 Å². The lowest BCUT2D eigenvalue weighted by Gasteiger charge is -2.12. The molecule has 3 aromatic carbocycles. The monoisotopic (exact) mass is 955 g/mol. The molecule has 0 saturated heterocycles. The van der Waals surface area contributed by atoms with Crippen LogP contribution in [-0.2, 0) is 7.05 Å². The summed E-state index contributed by atoms with van der Waals surface area (Å²) in [6, 6.07) is 4.79. The standard InChI is InChI=1S/C46H16F15N5O2/c1-66-11-13-21(67)8-9-22(68)23(13)46(66)12-10-20-14-2-3-15(62-14)24(27-30(47)36(53)42(59)37(54)31(27)48)16-4-5-17(63-16)25(28-32(49)38(55)43(60)39(56)33(28)50)18-6-7-19(64-18)26(45(12)65-20)29-34(51)40(57)44(61)41(58)35(29)52/h2-11,62,64-65H,1H3. The molecule has 0 unspecified atom stereocenters. The number of fused-ring (bicyclic) bond motifs is 10. The first-order chi connectivity index (χ1) is 32.2. The number of hydrogen-bond donors (Lipinski definition) is 3. The predicted octanol–water partition coefficient (Wildman–Crippen LogP) is 12.7. The minimum Gasteiger partial charge on any atom is -0.354 e. The normalized spacial score (nSPS) is 12.9. The van der Waals surface area contributed by atoms with E-state index in [1.165, 1.54) is 17.8 Å². The van der Waals surface area contributed by atoms with E-state index in [1.54, 1.807) is 0 Å². The van der Waals surface area contributed by atoms with Gasteiger partial charge in [0, 0.05) is 52.0 Å². The molecule has 7 nitrogen and oxygen atoms in total. The fraction of sp³-hybridized carbons (Fsp3) is 0.0217. The number of nitrogens with one attached hydrogen (secondary N) is 3. The van der Waals surface area contributed by atoms with Crippen molar-refractivity contribution in [2.45, 2.75) is 0 Å². The number of allylic oxidation sites excluding steroid dienone is 2. The van der Waals surface area contributed by atoms with E-state index in [9.17, 15) is 31.5 Å². The summed E-state index contributed by atoms with van der Waals surface area (Å²) < 4.78 is 231. The molecule has 0 atom stereocenters. The van der Waals surface area contributed by atoms with Crippen molar-refractivity contribution in [1.82, 2.24) is 24.5 Å². The number of carbonyl (C=O) groups is 2. The molecule has 0 saturated carbocycles. The number of carbonyl (C=O) groups excluding carboxylic acids is 2. The molecule has 1 aliphatic heterocycles. The highest BCUT2D eigenvalue weighted by Crippen LogP contribution is 2.45. The maximum absolute atomic E-state index is 16.3. The van der Waals surface area contributed by atoms with Gasteiger partial charge in [0.05, 0.1) is 61.4 Å². The lowest BCUT2D eigenvalue weighted by molar-refractivity contribution is 0.0995. The van der Waals surface area contributed by atoms with Crippen molar-refractivity contribution in [3.63, 3.8) is 0 Å². The summed E-state index contributed by atoms with van der Waals surface area (Å²) in [4.78, 5) is 38.5. The molecule has 0 fully saturated rings. The lowest BCUT2D eigenvalue weighted by Crippen LogP contribution is -2.09. The van der Waals surface area contributed by atoms with Crippen LogP contribution in [0.15, 0.2) is 48.7 Å². The van der Waals surface area contributed by atoms with Crippen LogP contribution in [0.5, 0.6) is 0 Å². The van der Waals surface area contributed by atoms with E-state index >= 15 is 43.9 Å². The lowest BCUT2D eigenvalue weighted by atomic mass is 9.93. The molecule has 68 heavy (non-hydrogen) atoms. The van der Waals surface area contributed by atoms with Crippen molar-refractivity contribution in [2.24, 2.45) is 7.05 Å². The SMILES string of the molecule is Cn1cc2c(c1-c1cc3[nH]c1c(-c1c(F)c(F)c(F)c(F)c1F)c1ccc([nH]1)c(-c1c(F)c(F)c(F)c(F)c1F)c1nc(c(-c4c(F)c(F)c(F)c(F)c4F)c4ccc3[nH]4)C=C1)C(=O)C=CC2=O. The van der Waals surface area contributed by atoms with Crippen molar-refractivity contribution in [3.8, 4) is 44.6 Å². The van der Waals surface area contributed by atoms with E-state index < -0.39 is 166 Å². The number of aromatic amines is 3. The van der Waals surface area contributed by atoms with Gasteiger partial charge in [0.15, 0.2) is 81.4 Å². The minimum absolute atomic E-state index is 0.224. The van der Waals surface area contributed by atoms with Crippen molar-refractivity contribution in [1.29, 1.82) is 0 Å². The van der Waals surface area contributed by atoms with Crippen LogP contribution >= 0.6 is 0 Å². The topological polar surface area (TPSA) is 99.3 Å². The first-order valence-corrected chi connectivity index (χ1v) is 19.1. The number of H-pyrrole nitrogens is 3. The molecule has 3 N–H and O–H groups in total. The number of aryl methyl sites for hydroxylation is 1. The number of halogens is 15. The number of nitrogens with zero attached hydrogens (tertiary/aromatic N) is 2. The van der Waals surface area contributed by atoms with Crippen LogP contribution in [0.3, 0.4) is 0 Å². The summed E-state index contributed by atoms with van der Waals surface area (Å²) in [6.07, 6.45) is 4.54. The van der Waals surface area contributed by atoms with Gasteiger partial charge < -0.3 is 19.5 Å². The Bertz CT molecular complexity index is 3790. The van der Waals surface area contributed by atoms with Crippen LogP contribution in [0.2, 0.25) is 0 Å². The summed E-state index contributed by atoms with van der Waals surface area (Å²) in [5, 5.41) is 0.